The highest BCUT2D eigenvalue weighted by atomic mass is 32.1. The normalized spacial score (nSPS) is 16.6. The van der Waals surface area contributed by atoms with E-state index in [-0.39, 0.29) is 24.4 Å². The van der Waals surface area contributed by atoms with Crippen LogP contribution >= 0.6 is 11.3 Å². The van der Waals surface area contributed by atoms with Crippen LogP contribution in [0.4, 0.5) is 0 Å². The van der Waals surface area contributed by atoms with E-state index in [0.717, 1.165) is 24.9 Å². The molecule has 0 saturated carbocycles. The highest BCUT2D eigenvalue weighted by molar-refractivity contribution is 7.10. The highest BCUT2D eigenvalue weighted by Gasteiger charge is 2.30. The fraction of sp³-hybridized carbons (Fsp3) is 0.368. The Bertz CT molecular complexity index is 736. The van der Waals surface area contributed by atoms with Gasteiger partial charge in [-0.3, -0.25) is 9.59 Å². The van der Waals surface area contributed by atoms with Crippen molar-refractivity contribution in [2.75, 3.05) is 13.1 Å². The fourth-order valence-corrected chi connectivity index (χ4v) is 4.13. The molecule has 1 unspecified atom stereocenters. The average Bonchev–Trinajstić information content (AvgIpc) is 3.07. The van der Waals surface area contributed by atoms with Crippen LogP contribution in [-0.2, 0) is 11.2 Å². The molecule has 1 atom stereocenters. The first-order chi connectivity index (χ1) is 11.6. The Morgan fingerprint density at radius 1 is 1.25 bits per heavy atom. The van der Waals surface area contributed by atoms with Gasteiger partial charge in [0.1, 0.15) is 0 Å². The van der Waals surface area contributed by atoms with E-state index in [1.165, 1.54) is 10.4 Å². The molecule has 2 amide bonds. The van der Waals surface area contributed by atoms with Gasteiger partial charge in [-0.05, 0) is 48.9 Å². The minimum Gasteiger partial charge on any atom is -0.343 e. The Morgan fingerprint density at radius 2 is 2.00 bits per heavy atom. The van der Waals surface area contributed by atoms with Crippen LogP contribution in [0, 0.1) is 6.92 Å². The third-order valence-electron chi connectivity index (χ3n) is 4.52. The molecule has 5 heteroatoms. The fourth-order valence-electron chi connectivity index (χ4n) is 3.20. The molecule has 1 aromatic heterocycles. The largest absolute Gasteiger partial charge is 0.343 e. The molecule has 0 aliphatic carbocycles. The Hall–Kier alpha value is -2.14. The van der Waals surface area contributed by atoms with Gasteiger partial charge in [0.05, 0.1) is 12.6 Å². The molecule has 0 radical (unpaired) electrons. The van der Waals surface area contributed by atoms with E-state index in [1.54, 1.807) is 23.5 Å². The number of hydrogen-bond donors (Lipinski definition) is 1. The molecule has 2 aromatic rings. The van der Waals surface area contributed by atoms with Gasteiger partial charge in [-0.1, -0.05) is 24.6 Å². The summed E-state index contributed by atoms with van der Waals surface area (Å²) in [6.07, 6.45) is 1.79. The summed E-state index contributed by atoms with van der Waals surface area (Å²) in [5.41, 5.74) is 2.96. The Balaban J connectivity index is 1.63. The van der Waals surface area contributed by atoms with Gasteiger partial charge in [-0.2, -0.15) is 0 Å². The van der Waals surface area contributed by atoms with Crippen LogP contribution in [0.5, 0.6) is 0 Å². The van der Waals surface area contributed by atoms with Gasteiger partial charge in [0.15, 0.2) is 0 Å². The molecule has 1 aromatic carbocycles. The molecule has 126 valence electrons. The minimum atomic E-state index is -0.204. The van der Waals surface area contributed by atoms with Gasteiger partial charge < -0.3 is 10.2 Å². The summed E-state index contributed by atoms with van der Waals surface area (Å²) in [6.45, 7) is 4.85. The molecular formula is C19H22N2O2S. The number of rotatable bonds is 4. The molecule has 2 heterocycles. The molecule has 3 rings (SSSR count). The topological polar surface area (TPSA) is 49.4 Å². The smallest absolute Gasteiger partial charge is 0.251 e. The van der Waals surface area contributed by atoms with Crippen LogP contribution in [0.3, 0.4) is 0 Å². The second-order valence-corrected chi connectivity index (χ2v) is 7.11. The van der Waals surface area contributed by atoms with E-state index in [1.807, 2.05) is 24.0 Å². The second-order valence-electron chi connectivity index (χ2n) is 6.11. The predicted octanol–water partition coefficient (Wildman–Crippen LogP) is 3.32. The summed E-state index contributed by atoms with van der Waals surface area (Å²) < 4.78 is 0. The number of nitrogens with one attached hydrogen (secondary N) is 1. The standard InChI is InChI=1S/C19H22N2O2S/c1-3-16-15-9-11-24-17(15)8-10-21(16)18(22)12-20-19(23)14-6-4-13(2)5-7-14/h4-7,9,11,16H,3,8,10,12H2,1-2H3,(H,20,23). The van der Waals surface area contributed by atoms with Crippen LogP contribution in [0.25, 0.3) is 0 Å². The van der Waals surface area contributed by atoms with Crippen molar-refractivity contribution < 1.29 is 9.59 Å². The van der Waals surface area contributed by atoms with Crippen molar-refractivity contribution in [3.8, 4) is 0 Å². The number of fused-ring (bicyclic) bond motifs is 1. The first kappa shape index (κ1) is 16.7. The van der Waals surface area contributed by atoms with E-state index < -0.39 is 0 Å². The van der Waals surface area contributed by atoms with E-state index in [0.29, 0.717) is 5.56 Å². The number of carbonyl (C=O) groups is 2. The summed E-state index contributed by atoms with van der Waals surface area (Å²) in [5.74, 6) is -0.219. The first-order valence-corrected chi connectivity index (χ1v) is 9.18. The summed E-state index contributed by atoms with van der Waals surface area (Å²) >= 11 is 1.77. The Kier molecular flexibility index (Phi) is 5.00. The number of amides is 2. The van der Waals surface area contributed by atoms with Crippen molar-refractivity contribution in [3.05, 3.63) is 57.3 Å². The number of carbonyl (C=O) groups excluding carboxylic acids is 2. The van der Waals surface area contributed by atoms with Crippen LogP contribution in [-0.4, -0.2) is 29.8 Å². The van der Waals surface area contributed by atoms with Gasteiger partial charge in [0.2, 0.25) is 5.91 Å². The maximum Gasteiger partial charge on any atom is 0.251 e. The lowest BCUT2D eigenvalue weighted by atomic mass is 9.98. The van der Waals surface area contributed by atoms with E-state index in [4.69, 9.17) is 0 Å². The molecule has 0 spiro atoms. The quantitative estimate of drug-likeness (QED) is 0.926. The van der Waals surface area contributed by atoms with Crippen molar-refractivity contribution in [1.29, 1.82) is 0 Å². The third-order valence-corrected chi connectivity index (χ3v) is 5.51. The second kappa shape index (κ2) is 7.18. The Morgan fingerprint density at radius 3 is 2.71 bits per heavy atom. The molecule has 0 saturated heterocycles. The van der Waals surface area contributed by atoms with Crippen LogP contribution < -0.4 is 5.32 Å². The van der Waals surface area contributed by atoms with Gasteiger partial charge in [0.25, 0.3) is 5.91 Å². The molecule has 1 aliphatic rings. The zero-order valence-corrected chi connectivity index (χ0v) is 14.9. The zero-order valence-electron chi connectivity index (χ0n) is 14.0. The van der Waals surface area contributed by atoms with Crippen molar-refractivity contribution in [2.45, 2.75) is 32.7 Å². The van der Waals surface area contributed by atoms with Crippen molar-refractivity contribution in [3.63, 3.8) is 0 Å². The maximum atomic E-state index is 12.6. The van der Waals surface area contributed by atoms with Crippen LogP contribution in [0.2, 0.25) is 0 Å². The lowest BCUT2D eigenvalue weighted by Crippen LogP contribution is -2.44. The lowest BCUT2D eigenvalue weighted by molar-refractivity contribution is -0.133. The predicted molar refractivity (Wildman–Crippen MR) is 96.3 cm³/mol. The van der Waals surface area contributed by atoms with E-state index in [2.05, 4.69) is 23.7 Å². The summed E-state index contributed by atoms with van der Waals surface area (Å²) in [4.78, 5) is 28.1. The van der Waals surface area contributed by atoms with Crippen LogP contribution in [0.15, 0.2) is 35.7 Å². The number of benzene rings is 1. The molecule has 1 aliphatic heterocycles. The number of nitrogens with zero attached hydrogens (tertiary/aromatic N) is 1. The number of thiophene rings is 1. The molecular weight excluding hydrogens is 320 g/mol. The summed E-state index contributed by atoms with van der Waals surface area (Å²) in [6, 6.07) is 9.60. The number of hydrogen-bond acceptors (Lipinski definition) is 3. The Labute approximate surface area is 146 Å². The van der Waals surface area contributed by atoms with Gasteiger partial charge >= 0.3 is 0 Å². The zero-order chi connectivity index (χ0) is 17.1. The van der Waals surface area contributed by atoms with E-state index in [9.17, 15) is 9.59 Å². The lowest BCUT2D eigenvalue weighted by Gasteiger charge is -2.35. The molecule has 0 bridgehead atoms. The van der Waals surface area contributed by atoms with Crippen LogP contribution in [0.1, 0.15) is 45.7 Å². The van der Waals surface area contributed by atoms with Gasteiger partial charge in [0, 0.05) is 17.0 Å². The van der Waals surface area contributed by atoms with Crippen molar-refractivity contribution in [1.82, 2.24) is 10.2 Å². The summed E-state index contributed by atoms with van der Waals surface area (Å²) in [5, 5.41) is 4.85. The third kappa shape index (κ3) is 3.36. The van der Waals surface area contributed by atoms with E-state index >= 15 is 0 Å². The molecule has 24 heavy (non-hydrogen) atoms. The molecule has 4 nitrogen and oxygen atoms in total. The van der Waals surface area contributed by atoms with Crippen molar-refractivity contribution in [2.24, 2.45) is 0 Å². The maximum absolute atomic E-state index is 12.6. The van der Waals surface area contributed by atoms with Gasteiger partial charge in [-0.25, -0.2) is 0 Å². The highest BCUT2D eigenvalue weighted by Crippen LogP contribution is 2.35. The van der Waals surface area contributed by atoms with Gasteiger partial charge in [-0.15, -0.1) is 11.3 Å². The molecule has 1 N–H and O–H groups in total. The molecule has 0 fully saturated rings. The van der Waals surface area contributed by atoms with Crippen molar-refractivity contribution >= 4 is 23.2 Å². The minimum absolute atomic E-state index is 0.0147. The number of aryl methyl sites for hydroxylation is 1. The first-order valence-electron chi connectivity index (χ1n) is 8.30. The monoisotopic (exact) mass is 342 g/mol. The average molecular weight is 342 g/mol. The SMILES string of the molecule is CCC1c2ccsc2CCN1C(=O)CNC(=O)c1ccc(C)cc1. The summed E-state index contributed by atoms with van der Waals surface area (Å²) in [7, 11) is 0.